The maximum absolute atomic E-state index is 11.3. The molecule has 6 nitrogen and oxygen atoms in total. The lowest BCUT2D eigenvalue weighted by Gasteiger charge is -2.03. The maximum Gasteiger partial charge on any atom is 0.337 e. The van der Waals surface area contributed by atoms with Gasteiger partial charge in [0.1, 0.15) is 17.1 Å². The molecular formula is C17H15N3O3. The fraction of sp³-hybridized carbons (Fsp3) is 0.118. The molecule has 0 spiro atoms. The van der Waals surface area contributed by atoms with E-state index in [1.54, 1.807) is 24.1 Å². The number of hydrogen-bond acceptors (Lipinski definition) is 4. The smallest absolute Gasteiger partial charge is 0.337 e. The first-order chi connectivity index (χ1) is 11.1. The molecule has 0 radical (unpaired) electrons. The molecule has 1 aromatic carbocycles. The summed E-state index contributed by atoms with van der Waals surface area (Å²) in [6.45, 7) is 0. The molecule has 1 N–H and O–H groups in total. The van der Waals surface area contributed by atoms with Crippen LogP contribution in [0, 0.1) is 0 Å². The summed E-state index contributed by atoms with van der Waals surface area (Å²) in [7, 11) is 3.43. The van der Waals surface area contributed by atoms with E-state index in [0.29, 0.717) is 11.4 Å². The van der Waals surface area contributed by atoms with Crippen LogP contribution in [0.15, 0.2) is 48.7 Å². The normalized spacial score (nSPS) is 10.5. The van der Waals surface area contributed by atoms with Gasteiger partial charge in [-0.3, -0.25) is 9.67 Å². The number of nitrogens with zero attached hydrogens (tertiary/aromatic N) is 3. The molecule has 6 heteroatoms. The van der Waals surface area contributed by atoms with E-state index in [-0.39, 0.29) is 5.56 Å². The first-order valence-electron chi connectivity index (χ1n) is 6.97. The fourth-order valence-corrected chi connectivity index (χ4v) is 2.40. The number of carboxylic acids is 1. The van der Waals surface area contributed by atoms with Gasteiger partial charge < -0.3 is 9.84 Å². The summed E-state index contributed by atoms with van der Waals surface area (Å²) in [5.41, 5.74) is 2.84. The topological polar surface area (TPSA) is 77.2 Å². The molecule has 2 aromatic heterocycles. The highest BCUT2D eigenvalue weighted by molar-refractivity contribution is 5.94. The molecule has 23 heavy (non-hydrogen) atoms. The van der Waals surface area contributed by atoms with Crippen LogP contribution in [-0.2, 0) is 7.05 Å². The number of carboxylic acid groups (broad SMARTS) is 1. The van der Waals surface area contributed by atoms with E-state index in [1.165, 1.54) is 6.07 Å². The van der Waals surface area contributed by atoms with Crippen LogP contribution >= 0.6 is 0 Å². The molecule has 0 aliphatic heterocycles. The number of carbonyl (C=O) groups is 1. The van der Waals surface area contributed by atoms with Gasteiger partial charge in [0.25, 0.3) is 0 Å². The van der Waals surface area contributed by atoms with Crippen LogP contribution in [0.1, 0.15) is 10.4 Å². The summed E-state index contributed by atoms with van der Waals surface area (Å²) < 4.78 is 6.86. The lowest BCUT2D eigenvalue weighted by Crippen LogP contribution is -2.01. The van der Waals surface area contributed by atoms with Crippen molar-refractivity contribution in [3.8, 4) is 28.4 Å². The molecule has 0 saturated carbocycles. The van der Waals surface area contributed by atoms with Gasteiger partial charge >= 0.3 is 5.97 Å². The van der Waals surface area contributed by atoms with Gasteiger partial charge in [0.2, 0.25) is 0 Å². The van der Waals surface area contributed by atoms with Gasteiger partial charge in [-0.05, 0) is 42.5 Å². The van der Waals surface area contributed by atoms with Crippen molar-refractivity contribution in [2.75, 3.05) is 7.11 Å². The second kappa shape index (κ2) is 5.92. The Labute approximate surface area is 133 Å². The number of aromatic nitrogens is 3. The average Bonchev–Trinajstić information content (AvgIpc) is 2.96. The van der Waals surface area contributed by atoms with Crippen molar-refractivity contribution >= 4 is 5.97 Å². The molecular weight excluding hydrogens is 294 g/mol. The van der Waals surface area contributed by atoms with E-state index in [1.807, 2.05) is 37.4 Å². The van der Waals surface area contributed by atoms with Crippen molar-refractivity contribution in [2.45, 2.75) is 0 Å². The summed E-state index contributed by atoms with van der Waals surface area (Å²) in [6.07, 6.45) is 1.56. The Bertz CT molecular complexity index is 854. The van der Waals surface area contributed by atoms with Gasteiger partial charge in [-0.1, -0.05) is 0 Å². The van der Waals surface area contributed by atoms with E-state index in [4.69, 9.17) is 4.74 Å². The Balaban J connectivity index is 2.06. The van der Waals surface area contributed by atoms with Gasteiger partial charge in [0, 0.05) is 18.8 Å². The molecule has 0 amide bonds. The third kappa shape index (κ3) is 2.78. The van der Waals surface area contributed by atoms with Crippen LogP contribution < -0.4 is 4.74 Å². The van der Waals surface area contributed by atoms with E-state index >= 15 is 0 Å². The Kier molecular flexibility index (Phi) is 3.80. The molecule has 0 atom stereocenters. The van der Waals surface area contributed by atoms with E-state index < -0.39 is 5.97 Å². The first-order valence-corrected chi connectivity index (χ1v) is 6.97. The molecule has 116 valence electrons. The lowest BCUT2D eigenvalue weighted by atomic mass is 10.1. The SMILES string of the molecule is COc1ccc(-c2cc(-c3ncccc3C(=O)O)nn2C)cc1. The standard InChI is InChI=1S/C17H15N3O3/c1-20-15(11-5-7-12(23-2)8-6-11)10-14(19-20)16-13(17(21)22)4-3-9-18-16/h3-10H,1-2H3,(H,21,22). The number of aryl methyl sites for hydroxylation is 1. The van der Waals surface area contributed by atoms with Crippen molar-refractivity contribution in [3.05, 3.63) is 54.2 Å². The number of hydrogen-bond donors (Lipinski definition) is 1. The fourth-order valence-electron chi connectivity index (χ4n) is 2.40. The van der Waals surface area contributed by atoms with Crippen LogP contribution in [-0.4, -0.2) is 33.0 Å². The minimum absolute atomic E-state index is 0.131. The van der Waals surface area contributed by atoms with E-state index in [0.717, 1.165) is 17.0 Å². The minimum Gasteiger partial charge on any atom is -0.497 e. The molecule has 0 fully saturated rings. The van der Waals surface area contributed by atoms with Crippen LogP contribution in [0.25, 0.3) is 22.6 Å². The van der Waals surface area contributed by atoms with Gasteiger partial charge in [-0.2, -0.15) is 5.10 Å². The van der Waals surface area contributed by atoms with Gasteiger partial charge in [-0.15, -0.1) is 0 Å². The minimum atomic E-state index is -1.02. The second-order valence-corrected chi connectivity index (χ2v) is 4.97. The summed E-state index contributed by atoms with van der Waals surface area (Å²) in [4.78, 5) is 15.5. The average molecular weight is 309 g/mol. The zero-order valence-corrected chi connectivity index (χ0v) is 12.7. The third-order valence-corrected chi connectivity index (χ3v) is 3.55. The van der Waals surface area contributed by atoms with Crippen LogP contribution in [0.3, 0.4) is 0 Å². The molecule has 3 aromatic rings. The Morgan fingerprint density at radius 1 is 1.22 bits per heavy atom. The molecule has 2 heterocycles. The van der Waals surface area contributed by atoms with E-state index in [2.05, 4.69) is 10.1 Å². The maximum atomic E-state index is 11.3. The highest BCUT2D eigenvalue weighted by atomic mass is 16.5. The van der Waals surface area contributed by atoms with Crippen LogP contribution in [0.2, 0.25) is 0 Å². The third-order valence-electron chi connectivity index (χ3n) is 3.55. The molecule has 0 unspecified atom stereocenters. The van der Waals surface area contributed by atoms with Gasteiger partial charge in [-0.25, -0.2) is 4.79 Å². The predicted octanol–water partition coefficient (Wildman–Crippen LogP) is 2.86. The number of benzene rings is 1. The Morgan fingerprint density at radius 2 is 1.96 bits per heavy atom. The number of methoxy groups -OCH3 is 1. The number of pyridine rings is 1. The number of ether oxygens (including phenoxy) is 1. The quantitative estimate of drug-likeness (QED) is 0.802. The van der Waals surface area contributed by atoms with Crippen molar-refractivity contribution in [1.29, 1.82) is 0 Å². The number of rotatable bonds is 4. The molecule has 0 saturated heterocycles. The second-order valence-electron chi connectivity index (χ2n) is 4.97. The van der Waals surface area contributed by atoms with Crippen LogP contribution in [0.5, 0.6) is 5.75 Å². The highest BCUT2D eigenvalue weighted by Gasteiger charge is 2.17. The van der Waals surface area contributed by atoms with Crippen molar-refractivity contribution in [3.63, 3.8) is 0 Å². The highest BCUT2D eigenvalue weighted by Crippen LogP contribution is 2.27. The zero-order valence-electron chi connectivity index (χ0n) is 12.7. The molecule has 3 rings (SSSR count). The zero-order chi connectivity index (χ0) is 16.4. The van der Waals surface area contributed by atoms with Crippen molar-refractivity contribution < 1.29 is 14.6 Å². The lowest BCUT2D eigenvalue weighted by molar-refractivity contribution is 0.0697. The summed E-state index contributed by atoms with van der Waals surface area (Å²) in [5, 5.41) is 13.7. The van der Waals surface area contributed by atoms with Gasteiger partial charge in [0.05, 0.1) is 18.4 Å². The van der Waals surface area contributed by atoms with Gasteiger partial charge in [0.15, 0.2) is 0 Å². The molecule has 0 aliphatic rings. The largest absolute Gasteiger partial charge is 0.497 e. The monoisotopic (exact) mass is 309 g/mol. The van der Waals surface area contributed by atoms with Crippen molar-refractivity contribution in [2.24, 2.45) is 7.05 Å². The van der Waals surface area contributed by atoms with E-state index in [9.17, 15) is 9.90 Å². The summed E-state index contributed by atoms with van der Waals surface area (Å²) in [5.74, 6) is -0.251. The Hall–Kier alpha value is -3.15. The van der Waals surface area contributed by atoms with Crippen LogP contribution in [0.4, 0.5) is 0 Å². The predicted molar refractivity (Wildman–Crippen MR) is 85.4 cm³/mol. The summed E-state index contributed by atoms with van der Waals surface area (Å²) >= 11 is 0. The summed E-state index contributed by atoms with van der Waals surface area (Å²) in [6, 6.07) is 12.5. The first kappa shape index (κ1) is 14.8. The molecule has 0 aliphatic carbocycles. The van der Waals surface area contributed by atoms with Crippen molar-refractivity contribution in [1.82, 2.24) is 14.8 Å². The Morgan fingerprint density at radius 3 is 2.61 bits per heavy atom. The number of aromatic carboxylic acids is 1. The molecule has 0 bridgehead atoms.